The maximum absolute atomic E-state index is 12.8. The monoisotopic (exact) mass is 291 g/mol. The third kappa shape index (κ3) is 3.18. The first kappa shape index (κ1) is 14.7. The number of likely N-dealkylation sites (tertiary alicyclic amines) is 1. The van der Waals surface area contributed by atoms with Crippen molar-refractivity contribution in [3.8, 4) is 0 Å². The Morgan fingerprint density at radius 2 is 2.19 bits per heavy atom. The van der Waals surface area contributed by atoms with Crippen LogP contribution < -0.4 is 0 Å². The molecular weight excluding hydrogens is 269 g/mol. The second kappa shape index (κ2) is 6.26. The fraction of sp³-hybridized carbons (Fsp3) is 0.529. The summed E-state index contributed by atoms with van der Waals surface area (Å²) in [7, 11) is 0. The van der Waals surface area contributed by atoms with Gasteiger partial charge in [-0.15, -0.1) is 0 Å². The lowest BCUT2D eigenvalue weighted by molar-refractivity contribution is -0.0416. The van der Waals surface area contributed by atoms with Gasteiger partial charge < -0.3 is 9.84 Å². The summed E-state index contributed by atoms with van der Waals surface area (Å²) in [6, 6.07) is 6.50. The molecule has 0 unspecified atom stereocenters. The summed E-state index contributed by atoms with van der Waals surface area (Å²) >= 11 is 0. The maximum Gasteiger partial charge on any atom is 0.123 e. The molecule has 4 heteroatoms. The number of hydrogen-bond donors (Lipinski definition) is 1. The number of fused-ring (bicyclic) bond motifs is 1. The Bertz CT molecular complexity index is 502. The van der Waals surface area contributed by atoms with Crippen molar-refractivity contribution in [2.75, 3.05) is 39.5 Å². The second-order valence-electron chi connectivity index (χ2n) is 6.19. The van der Waals surface area contributed by atoms with Crippen LogP contribution in [0, 0.1) is 17.2 Å². The predicted molar refractivity (Wildman–Crippen MR) is 80.3 cm³/mol. The standard InChI is InChI=1S/C17H22FNO2/c18-16-5-3-14(4-6-16)2-1-8-19-10-15-11-21-9-7-17(15,12-19)13-20/h1-6,15,20H,7-13H2/b2-1+/t15-,17-/m1/s1. The fourth-order valence-corrected chi connectivity index (χ4v) is 3.47. The SMILES string of the molecule is OC[C@]12CCOC[C@H]1CN(C/C=C/c1ccc(F)cc1)C2. The van der Waals surface area contributed by atoms with E-state index in [0.717, 1.165) is 44.8 Å². The summed E-state index contributed by atoms with van der Waals surface area (Å²) in [5.41, 5.74) is 1.04. The van der Waals surface area contributed by atoms with E-state index in [1.54, 1.807) is 12.1 Å². The highest BCUT2D eigenvalue weighted by atomic mass is 19.1. The zero-order valence-corrected chi connectivity index (χ0v) is 12.2. The number of aliphatic hydroxyl groups is 1. The van der Waals surface area contributed by atoms with Crippen molar-refractivity contribution in [3.05, 3.63) is 41.7 Å². The summed E-state index contributed by atoms with van der Waals surface area (Å²) in [6.07, 6.45) is 5.08. The number of rotatable bonds is 4. The first-order chi connectivity index (χ1) is 10.2. The van der Waals surface area contributed by atoms with E-state index in [4.69, 9.17) is 4.74 Å². The molecule has 1 aromatic carbocycles. The molecule has 2 aliphatic heterocycles. The molecule has 0 amide bonds. The van der Waals surface area contributed by atoms with Gasteiger partial charge >= 0.3 is 0 Å². The lowest BCUT2D eigenvalue weighted by Crippen LogP contribution is -2.41. The largest absolute Gasteiger partial charge is 0.396 e. The summed E-state index contributed by atoms with van der Waals surface area (Å²) < 4.78 is 18.4. The summed E-state index contributed by atoms with van der Waals surface area (Å²) in [5, 5.41) is 9.76. The zero-order chi connectivity index (χ0) is 14.7. The van der Waals surface area contributed by atoms with Gasteiger partial charge in [-0.2, -0.15) is 0 Å². The van der Waals surface area contributed by atoms with E-state index >= 15 is 0 Å². The number of hydrogen-bond acceptors (Lipinski definition) is 3. The highest BCUT2D eigenvalue weighted by Gasteiger charge is 2.47. The van der Waals surface area contributed by atoms with E-state index in [9.17, 15) is 9.50 Å². The third-order valence-electron chi connectivity index (χ3n) is 4.81. The van der Waals surface area contributed by atoms with Crippen LogP contribution in [0.25, 0.3) is 6.08 Å². The van der Waals surface area contributed by atoms with E-state index in [0.29, 0.717) is 5.92 Å². The van der Waals surface area contributed by atoms with Crippen molar-refractivity contribution in [1.29, 1.82) is 0 Å². The highest BCUT2D eigenvalue weighted by Crippen LogP contribution is 2.41. The molecular formula is C17H22FNO2. The Balaban J connectivity index is 1.58. The molecule has 0 saturated carbocycles. The van der Waals surface area contributed by atoms with Crippen LogP contribution in [0.4, 0.5) is 4.39 Å². The molecule has 3 rings (SSSR count). The molecule has 1 aromatic rings. The molecule has 3 nitrogen and oxygen atoms in total. The van der Waals surface area contributed by atoms with Crippen LogP contribution >= 0.6 is 0 Å². The van der Waals surface area contributed by atoms with Crippen LogP contribution in [0.1, 0.15) is 12.0 Å². The minimum absolute atomic E-state index is 0.0297. The quantitative estimate of drug-likeness (QED) is 0.923. The summed E-state index contributed by atoms with van der Waals surface area (Å²) in [6.45, 7) is 4.55. The number of benzene rings is 1. The molecule has 0 radical (unpaired) electrons. The van der Waals surface area contributed by atoms with Crippen LogP contribution in [-0.4, -0.2) is 49.5 Å². The average molecular weight is 291 g/mol. The Labute approximate surface area is 125 Å². The lowest BCUT2D eigenvalue weighted by atomic mass is 9.75. The lowest BCUT2D eigenvalue weighted by Gasteiger charge is -2.36. The van der Waals surface area contributed by atoms with E-state index < -0.39 is 0 Å². The molecule has 2 aliphatic rings. The van der Waals surface area contributed by atoms with E-state index in [1.165, 1.54) is 12.1 Å². The number of halogens is 1. The van der Waals surface area contributed by atoms with Gasteiger partial charge in [0.15, 0.2) is 0 Å². The molecule has 21 heavy (non-hydrogen) atoms. The smallest absolute Gasteiger partial charge is 0.123 e. The van der Waals surface area contributed by atoms with Crippen LogP contribution in [0.15, 0.2) is 30.3 Å². The fourth-order valence-electron chi connectivity index (χ4n) is 3.47. The van der Waals surface area contributed by atoms with Crippen molar-refractivity contribution in [2.24, 2.45) is 11.3 Å². The molecule has 114 valence electrons. The van der Waals surface area contributed by atoms with Crippen molar-refractivity contribution < 1.29 is 14.2 Å². The van der Waals surface area contributed by atoms with Gasteiger partial charge in [0.1, 0.15) is 5.82 Å². The molecule has 2 saturated heterocycles. The molecule has 0 bridgehead atoms. The number of ether oxygens (including phenoxy) is 1. The number of nitrogens with zero attached hydrogens (tertiary/aromatic N) is 1. The molecule has 1 N–H and O–H groups in total. The molecule has 0 spiro atoms. The first-order valence-electron chi connectivity index (χ1n) is 7.55. The topological polar surface area (TPSA) is 32.7 Å². The average Bonchev–Trinajstić information content (AvgIpc) is 2.88. The predicted octanol–water partition coefficient (Wildman–Crippen LogP) is 2.17. The van der Waals surface area contributed by atoms with Crippen molar-refractivity contribution >= 4 is 6.08 Å². The number of aliphatic hydroxyl groups excluding tert-OH is 1. The van der Waals surface area contributed by atoms with Gasteiger partial charge in [-0.1, -0.05) is 24.3 Å². The minimum Gasteiger partial charge on any atom is -0.396 e. The highest BCUT2D eigenvalue weighted by molar-refractivity contribution is 5.48. The molecule has 2 heterocycles. The molecule has 2 atom stereocenters. The van der Waals surface area contributed by atoms with Gasteiger partial charge in [-0.25, -0.2) is 4.39 Å². The Morgan fingerprint density at radius 3 is 2.90 bits per heavy atom. The van der Waals surface area contributed by atoms with E-state index in [-0.39, 0.29) is 17.8 Å². The van der Waals surface area contributed by atoms with Gasteiger partial charge in [0.2, 0.25) is 0 Å². The van der Waals surface area contributed by atoms with Crippen molar-refractivity contribution in [2.45, 2.75) is 6.42 Å². The Hall–Kier alpha value is -1.23. The van der Waals surface area contributed by atoms with Crippen molar-refractivity contribution in [3.63, 3.8) is 0 Å². The van der Waals surface area contributed by atoms with Crippen LogP contribution in [0.5, 0.6) is 0 Å². The summed E-state index contributed by atoms with van der Waals surface area (Å²) in [5.74, 6) is 0.233. The van der Waals surface area contributed by atoms with Gasteiger partial charge in [0.05, 0.1) is 13.2 Å². The molecule has 0 aromatic heterocycles. The molecule has 2 fully saturated rings. The Morgan fingerprint density at radius 1 is 1.38 bits per heavy atom. The maximum atomic E-state index is 12.8. The van der Waals surface area contributed by atoms with E-state index in [1.807, 2.05) is 6.08 Å². The third-order valence-corrected chi connectivity index (χ3v) is 4.81. The zero-order valence-electron chi connectivity index (χ0n) is 12.2. The first-order valence-corrected chi connectivity index (χ1v) is 7.55. The van der Waals surface area contributed by atoms with Gasteiger partial charge in [-0.05, 0) is 24.1 Å². The van der Waals surface area contributed by atoms with Gasteiger partial charge in [0.25, 0.3) is 0 Å². The normalized spacial score (nSPS) is 29.9. The van der Waals surface area contributed by atoms with Gasteiger partial charge in [0, 0.05) is 37.6 Å². The molecule has 0 aliphatic carbocycles. The summed E-state index contributed by atoms with van der Waals surface area (Å²) in [4.78, 5) is 2.37. The van der Waals surface area contributed by atoms with Crippen LogP contribution in [0.3, 0.4) is 0 Å². The van der Waals surface area contributed by atoms with Crippen LogP contribution in [-0.2, 0) is 4.74 Å². The van der Waals surface area contributed by atoms with Gasteiger partial charge in [-0.3, -0.25) is 4.90 Å². The Kier molecular flexibility index (Phi) is 4.38. The minimum atomic E-state index is -0.208. The van der Waals surface area contributed by atoms with E-state index in [2.05, 4.69) is 11.0 Å². The van der Waals surface area contributed by atoms with Crippen LogP contribution in [0.2, 0.25) is 0 Å². The van der Waals surface area contributed by atoms with Crippen molar-refractivity contribution in [1.82, 2.24) is 4.90 Å². The second-order valence-corrected chi connectivity index (χ2v) is 6.19.